The summed E-state index contributed by atoms with van der Waals surface area (Å²) in [5.74, 6) is 0.623. The van der Waals surface area contributed by atoms with Gasteiger partial charge in [-0.05, 0) is 13.3 Å². The Morgan fingerprint density at radius 2 is 1.85 bits per heavy atom. The maximum atomic E-state index is 9.82. The highest BCUT2D eigenvalue weighted by Gasteiger charge is 1.82. The molecule has 0 aromatic carbocycles. The lowest BCUT2D eigenvalue weighted by atomic mass is 10.2. The average molecular weight is 209 g/mol. The molecule has 0 atom stereocenters. The second kappa shape index (κ2) is 14.3. The smallest absolute Gasteiger partial charge is 0.302 e. The average Bonchev–Trinajstić information content (AvgIpc) is 2.06. The van der Waals surface area contributed by atoms with Gasteiger partial charge >= 0.3 is 5.97 Å². The van der Waals surface area contributed by atoms with Gasteiger partial charge in [0.05, 0.1) is 6.61 Å². The normalized spacial score (nSPS) is 8.62. The van der Waals surface area contributed by atoms with E-state index in [1.807, 2.05) is 0 Å². The number of halogens is 1. The van der Waals surface area contributed by atoms with E-state index in [0.29, 0.717) is 6.61 Å². The van der Waals surface area contributed by atoms with Crippen LogP contribution >= 0.6 is 11.6 Å². The third kappa shape index (κ3) is 24.5. The minimum absolute atomic E-state index is 0.211. The van der Waals surface area contributed by atoms with E-state index in [2.05, 4.69) is 11.7 Å². The molecule has 0 aliphatic rings. The highest BCUT2D eigenvalue weighted by atomic mass is 35.5. The van der Waals surface area contributed by atoms with Gasteiger partial charge in [0.15, 0.2) is 0 Å². The Morgan fingerprint density at radius 1 is 1.23 bits per heavy atom. The van der Waals surface area contributed by atoms with Crippen LogP contribution in [0.25, 0.3) is 0 Å². The number of alkyl halides is 1. The van der Waals surface area contributed by atoms with Gasteiger partial charge in [-0.25, -0.2) is 0 Å². The lowest BCUT2D eigenvalue weighted by molar-refractivity contribution is -0.140. The van der Waals surface area contributed by atoms with E-state index in [1.165, 1.54) is 32.6 Å². The molecule has 0 N–H and O–H groups in total. The first-order chi connectivity index (χ1) is 6.18. The van der Waals surface area contributed by atoms with Crippen molar-refractivity contribution in [3.05, 3.63) is 0 Å². The molecule has 0 amide bonds. The number of carbonyl (C=O) groups is 1. The zero-order chi connectivity index (χ0) is 10.5. The first-order valence-corrected chi connectivity index (χ1v) is 5.41. The van der Waals surface area contributed by atoms with Crippen LogP contribution in [0.5, 0.6) is 0 Å². The van der Waals surface area contributed by atoms with Gasteiger partial charge < -0.3 is 4.74 Å². The second-order valence-corrected chi connectivity index (χ2v) is 3.05. The molecule has 0 unspecified atom stereocenters. The lowest BCUT2D eigenvalue weighted by Crippen LogP contribution is -1.95. The SMILES string of the molecule is CCCCCCCl.CCOC(C)=O. The first kappa shape index (κ1) is 15.2. The molecule has 0 aromatic heterocycles. The van der Waals surface area contributed by atoms with Crippen LogP contribution < -0.4 is 0 Å². The largest absolute Gasteiger partial charge is 0.466 e. The standard InChI is InChI=1S/C6H13Cl.C4H8O2/c1-2-3-4-5-6-7;1-3-6-4(2)5/h2-6H2,1H3;3H2,1-2H3. The Bertz CT molecular complexity index is 101. The van der Waals surface area contributed by atoms with Gasteiger partial charge in [0.1, 0.15) is 0 Å². The molecule has 0 saturated carbocycles. The highest BCUT2D eigenvalue weighted by Crippen LogP contribution is 1.98. The molecule has 0 fully saturated rings. The Hall–Kier alpha value is -0.240. The summed E-state index contributed by atoms with van der Waals surface area (Å²) in [5.41, 5.74) is 0. The monoisotopic (exact) mass is 208 g/mol. The fraction of sp³-hybridized carbons (Fsp3) is 0.900. The number of esters is 1. The summed E-state index contributed by atoms with van der Waals surface area (Å²) in [6.07, 6.45) is 5.14. The highest BCUT2D eigenvalue weighted by molar-refractivity contribution is 6.17. The molecule has 3 heteroatoms. The van der Waals surface area contributed by atoms with Crippen LogP contribution in [0.15, 0.2) is 0 Å². The van der Waals surface area contributed by atoms with E-state index in [1.54, 1.807) is 6.92 Å². The molecular formula is C10H21ClO2. The zero-order valence-corrected chi connectivity index (χ0v) is 9.69. The van der Waals surface area contributed by atoms with Crippen LogP contribution in [0, 0.1) is 0 Å². The van der Waals surface area contributed by atoms with E-state index < -0.39 is 0 Å². The molecule has 0 spiro atoms. The summed E-state index contributed by atoms with van der Waals surface area (Å²) in [5, 5.41) is 0. The van der Waals surface area contributed by atoms with E-state index in [0.717, 1.165) is 5.88 Å². The van der Waals surface area contributed by atoms with Gasteiger partial charge in [-0.15, -0.1) is 11.6 Å². The van der Waals surface area contributed by atoms with Gasteiger partial charge in [0.25, 0.3) is 0 Å². The molecule has 0 aliphatic heterocycles. The maximum absolute atomic E-state index is 9.82. The summed E-state index contributed by atoms with van der Waals surface area (Å²) < 4.78 is 4.40. The number of unbranched alkanes of at least 4 members (excludes halogenated alkanes) is 3. The minimum Gasteiger partial charge on any atom is -0.466 e. The number of carbonyl (C=O) groups excluding carboxylic acids is 1. The molecule has 2 nitrogen and oxygen atoms in total. The molecule has 0 saturated heterocycles. The van der Waals surface area contributed by atoms with Gasteiger partial charge in [-0.3, -0.25) is 4.79 Å². The second-order valence-electron chi connectivity index (χ2n) is 2.67. The van der Waals surface area contributed by atoms with Crippen LogP contribution in [0.4, 0.5) is 0 Å². The van der Waals surface area contributed by atoms with Crippen LogP contribution in [-0.4, -0.2) is 18.5 Å². The van der Waals surface area contributed by atoms with Crippen molar-refractivity contribution in [1.29, 1.82) is 0 Å². The van der Waals surface area contributed by atoms with E-state index in [-0.39, 0.29) is 5.97 Å². The van der Waals surface area contributed by atoms with Gasteiger partial charge in [-0.2, -0.15) is 0 Å². The molecule has 0 heterocycles. The molecule has 0 bridgehead atoms. The minimum atomic E-state index is -0.211. The molecule has 0 radical (unpaired) electrons. The van der Waals surface area contributed by atoms with Gasteiger partial charge in [0, 0.05) is 12.8 Å². The number of hydrogen-bond donors (Lipinski definition) is 0. The van der Waals surface area contributed by atoms with Crippen LogP contribution in [0.2, 0.25) is 0 Å². The summed E-state index contributed by atoms with van der Waals surface area (Å²) in [7, 11) is 0. The van der Waals surface area contributed by atoms with E-state index >= 15 is 0 Å². The number of rotatable bonds is 5. The number of ether oxygens (including phenoxy) is 1. The van der Waals surface area contributed by atoms with Crippen LogP contribution in [0.1, 0.15) is 46.5 Å². The predicted molar refractivity (Wildman–Crippen MR) is 57.2 cm³/mol. The number of hydrogen-bond acceptors (Lipinski definition) is 2. The Balaban J connectivity index is 0. The van der Waals surface area contributed by atoms with Crippen molar-refractivity contribution < 1.29 is 9.53 Å². The Morgan fingerprint density at radius 3 is 2.08 bits per heavy atom. The van der Waals surface area contributed by atoms with E-state index in [4.69, 9.17) is 11.6 Å². The first-order valence-electron chi connectivity index (χ1n) is 4.88. The van der Waals surface area contributed by atoms with Crippen LogP contribution in [-0.2, 0) is 9.53 Å². The zero-order valence-electron chi connectivity index (χ0n) is 8.94. The predicted octanol–water partition coefficient (Wildman–Crippen LogP) is 3.37. The van der Waals surface area contributed by atoms with Crippen molar-refractivity contribution >= 4 is 17.6 Å². The lowest BCUT2D eigenvalue weighted by Gasteiger charge is -1.89. The van der Waals surface area contributed by atoms with E-state index in [9.17, 15) is 4.79 Å². The van der Waals surface area contributed by atoms with Crippen molar-refractivity contribution in [2.75, 3.05) is 12.5 Å². The van der Waals surface area contributed by atoms with Gasteiger partial charge in [-0.1, -0.05) is 26.2 Å². The molecule has 0 aromatic rings. The quantitative estimate of drug-likeness (QED) is 0.393. The van der Waals surface area contributed by atoms with Gasteiger partial charge in [0.2, 0.25) is 0 Å². The maximum Gasteiger partial charge on any atom is 0.302 e. The summed E-state index contributed by atoms with van der Waals surface area (Å²) in [4.78, 5) is 9.82. The third-order valence-corrected chi connectivity index (χ3v) is 1.60. The summed E-state index contributed by atoms with van der Waals surface area (Å²) >= 11 is 5.44. The molecule has 13 heavy (non-hydrogen) atoms. The third-order valence-electron chi connectivity index (χ3n) is 1.33. The van der Waals surface area contributed by atoms with Crippen molar-refractivity contribution in [3.8, 4) is 0 Å². The van der Waals surface area contributed by atoms with Crippen molar-refractivity contribution in [3.63, 3.8) is 0 Å². The topological polar surface area (TPSA) is 26.3 Å². The molecule has 80 valence electrons. The van der Waals surface area contributed by atoms with Crippen molar-refractivity contribution in [1.82, 2.24) is 0 Å². The fourth-order valence-corrected chi connectivity index (χ4v) is 0.914. The summed E-state index contributed by atoms with van der Waals surface area (Å²) in [6, 6.07) is 0. The molecule has 0 aliphatic carbocycles. The molecule has 0 rings (SSSR count). The summed E-state index contributed by atoms with van der Waals surface area (Å²) in [6.45, 7) is 5.86. The fourth-order valence-electron chi connectivity index (χ4n) is 0.725. The van der Waals surface area contributed by atoms with Crippen LogP contribution in [0.3, 0.4) is 0 Å². The van der Waals surface area contributed by atoms with Crippen molar-refractivity contribution in [2.45, 2.75) is 46.5 Å². The Kier molecular flexibility index (Phi) is 16.8. The Labute approximate surface area is 86.6 Å². The molecular weight excluding hydrogens is 188 g/mol. The van der Waals surface area contributed by atoms with Crippen molar-refractivity contribution in [2.24, 2.45) is 0 Å².